The van der Waals surface area contributed by atoms with E-state index in [1.807, 2.05) is 7.05 Å². The summed E-state index contributed by atoms with van der Waals surface area (Å²) in [6.07, 6.45) is 7.85. The third-order valence-electron chi connectivity index (χ3n) is 6.10. The van der Waals surface area contributed by atoms with E-state index in [-0.39, 0.29) is 0 Å². The number of nitrogens with one attached hydrogen (secondary N) is 1. The predicted molar refractivity (Wildman–Crippen MR) is 70.0 cm³/mol. The number of hydrogen-bond acceptors (Lipinski definition) is 2. The van der Waals surface area contributed by atoms with Crippen LogP contribution in [0.3, 0.4) is 0 Å². The predicted octanol–water partition coefficient (Wildman–Crippen LogP) is 1.63. The molecule has 4 bridgehead atoms. The zero-order chi connectivity index (χ0) is 12.3. The Morgan fingerprint density at radius 3 is 2.17 bits per heavy atom. The maximum atomic E-state index is 12.3. The minimum atomic E-state index is 0.398. The molecule has 4 aliphatic carbocycles. The molecule has 1 aliphatic heterocycles. The monoisotopic (exact) mass is 248 g/mol. The quantitative estimate of drug-likeness (QED) is 0.805. The van der Waals surface area contributed by atoms with E-state index >= 15 is 0 Å². The lowest BCUT2D eigenvalue weighted by Gasteiger charge is -2.56. The highest BCUT2D eigenvalue weighted by atomic mass is 16.2. The molecule has 0 aromatic rings. The van der Waals surface area contributed by atoms with Gasteiger partial charge < -0.3 is 10.2 Å². The van der Waals surface area contributed by atoms with Gasteiger partial charge in [0, 0.05) is 25.0 Å². The molecule has 3 heteroatoms. The fourth-order valence-corrected chi connectivity index (χ4v) is 5.62. The molecule has 1 saturated heterocycles. The summed E-state index contributed by atoms with van der Waals surface area (Å²) in [5.74, 6) is 4.08. The average Bonchev–Trinajstić information content (AvgIpc) is 2.69. The second-order valence-electron chi connectivity index (χ2n) is 7.16. The maximum absolute atomic E-state index is 12.3. The van der Waals surface area contributed by atoms with Crippen LogP contribution in [0.1, 0.15) is 38.5 Å². The summed E-state index contributed by atoms with van der Waals surface area (Å²) in [4.78, 5) is 14.5. The fourth-order valence-electron chi connectivity index (χ4n) is 5.62. The van der Waals surface area contributed by atoms with Gasteiger partial charge in [0.25, 0.3) is 0 Å². The first-order chi connectivity index (χ1) is 8.74. The van der Waals surface area contributed by atoms with E-state index in [1.165, 1.54) is 32.1 Å². The van der Waals surface area contributed by atoms with Crippen molar-refractivity contribution in [2.45, 2.75) is 50.6 Å². The summed E-state index contributed by atoms with van der Waals surface area (Å²) >= 11 is 0. The van der Waals surface area contributed by atoms with Crippen molar-refractivity contribution in [1.29, 1.82) is 0 Å². The number of rotatable bonds is 2. The first kappa shape index (κ1) is 11.3. The molecular weight excluding hydrogens is 224 g/mol. The van der Waals surface area contributed by atoms with Crippen LogP contribution in [0.15, 0.2) is 0 Å². The molecule has 18 heavy (non-hydrogen) atoms. The van der Waals surface area contributed by atoms with Crippen LogP contribution in [0.5, 0.6) is 0 Å². The number of nitrogens with zero attached hydrogens (tertiary/aromatic N) is 1. The van der Waals surface area contributed by atoms with Gasteiger partial charge in [-0.3, -0.25) is 4.79 Å². The summed E-state index contributed by atoms with van der Waals surface area (Å²) in [5, 5.41) is 3.28. The Morgan fingerprint density at radius 1 is 1.06 bits per heavy atom. The van der Waals surface area contributed by atoms with Crippen LogP contribution in [0.2, 0.25) is 0 Å². The molecule has 100 valence electrons. The largest absolute Gasteiger partial charge is 0.338 e. The van der Waals surface area contributed by atoms with E-state index in [0.29, 0.717) is 18.0 Å². The van der Waals surface area contributed by atoms with Crippen LogP contribution in [-0.4, -0.2) is 36.5 Å². The summed E-state index contributed by atoms with van der Waals surface area (Å²) in [5.41, 5.74) is 0. The van der Waals surface area contributed by atoms with E-state index in [2.05, 4.69) is 10.2 Å². The Balaban J connectivity index is 1.56. The Bertz CT molecular complexity index is 340. The molecule has 1 unspecified atom stereocenters. The highest BCUT2D eigenvalue weighted by Gasteiger charge is 2.52. The van der Waals surface area contributed by atoms with Gasteiger partial charge in [0.05, 0.1) is 0 Å². The minimum Gasteiger partial charge on any atom is -0.338 e. The molecule has 5 rings (SSSR count). The van der Waals surface area contributed by atoms with Crippen molar-refractivity contribution >= 4 is 5.91 Å². The van der Waals surface area contributed by atoms with Gasteiger partial charge in [0.1, 0.15) is 0 Å². The molecule has 3 nitrogen and oxygen atoms in total. The fraction of sp³-hybridized carbons (Fsp3) is 0.933. The molecule has 1 heterocycles. The molecule has 0 spiro atoms. The second kappa shape index (κ2) is 3.96. The van der Waals surface area contributed by atoms with Crippen LogP contribution in [0.25, 0.3) is 0 Å². The molecule has 5 aliphatic rings. The van der Waals surface area contributed by atoms with Crippen LogP contribution in [0.4, 0.5) is 0 Å². The van der Waals surface area contributed by atoms with Crippen LogP contribution in [0, 0.1) is 23.7 Å². The lowest BCUT2D eigenvalue weighted by atomic mass is 9.54. The molecule has 0 radical (unpaired) electrons. The Kier molecular flexibility index (Phi) is 2.48. The highest BCUT2D eigenvalue weighted by molar-refractivity contribution is 5.79. The van der Waals surface area contributed by atoms with Crippen molar-refractivity contribution in [3.05, 3.63) is 0 Å². The molecule has 1 amide bonds. The van der Waals surface area contributed by atoms with Gasteiger partial charge in [0.2, 0.25) is 5.91 Å². The number of hydrogen-bond donors (Lipinski definition) is 1. The van der Waals surface area contributed by atoms with Gasteiger partial charge in [-0.1, -0.05) is 0 Å². The number of likely N-dealkylation sites (N-methyl/N-ethyl adjacent to an activating group) is 1. The van der Waals surface area contributed by atoms with Crippen molar-refractivity contribution in [2.24, 2.45) is 23.7 Å². The summed E-state index contributed by atoms with van der Waals surface area (Å²) in [6, 6.07) is 0.998. The first-order valence-corrected chi connectivity index (χ1v) is 7.71. The van der Waals surface area contributed by atoms with Crippen molar-refractivity contribution in [3.8, 4) is 0 Å². The molecule has 5 fully saturated rings. The van der Waals surface area contributed by atoms with Gasteiger partial charge in [0.15, 0.2) is 0 Å². The summed E-state index contributed by atoms with van der Waals surface area (Å²) < 4.78 is 0. The van der Waals surface area contributed by atoms with Crippen molar-refractivity contribution in [3.63, 3.8) is 0 Å². The van der Waals surface area contributed by atoms with E-state index in [4.69, 9.17) is 0 Å². The average molecular weight is 248 g/mol. The molecule has 1 N–H and O–H groups in total. The third kappa shape index (κ3) is 1.56. The van der Waals surface area contributed by atoms with Crippen molar-refractivity contribution in [1.82, 2.24) is 10.2 Å². The normalized spacial score (nSPS) is 50.3. The van der Waals surface area contributed by atoms with Gasteiger partial charge in [-0.2, -0.15) is 0 Å². The highest BCUT2D eigenvalue weighted by Crippen LogP contribution is 2.55. The number of carbonyl (C=O) groups excluding carboxylic acids is 1. The van der Waals surface area contributed by atoms with E-state index in [9.17, 15) is 4.79 Å². The number of likely N-dealkylation sites (tertiary alicyclic amines) is 1. The maximum Gasteiger partial charge on any atom is 0.224 e. The molecular formula is C15H24N2O. The molecule has 0 aromatic carbocycles. The molecule has 4 saturated carbocycles. The van der Waals surface area contributed by atoms with E-state index < -0.39 is 0 Å². The van der Waals surface area contributed by atoms with Crippen LogP contribution < -0.4 is 5.32 Å². The summed E-state index contributed by atoms with van der Waals surface area (Å²) in [7, 11) is 1.98. The Hall–Kier alpha value is -0.570. The van der Waals surface area contributed by atoms with Gasteiger partial charge >= 0.3 is 0 Å². The minimum absolute atomic E-state index is 0.398. The zero-order valence-corrected chi connectivity index (χ0v) is 11.3. The smallest absolute Gasteiger partial charge is 0.224 e. The van der Waals surface area contributed by atoms with E-state index in [0.717, 1.165) is 36.6 Å². The lowest BCUT2D eigenvalue weighted by molar-refractivity contribution is -0.138. The number of amides is 1. The third-order valence-corrected chi connectivity index (χ3v) is 6.10. The number of carbonyl (C=O) groups is 1. The standard InChI is InChI=1S/C15H24N2O/c1-16-13-7-14(18)17(8-13)15-11-3-9-2-10(5-11)6-12(15)4-9/h9-13,15-16H,2-8H2,1H3. The van der Waals surface area contributed by atoms with Gasteiger partial charge in [-0.05, 0) is 62.8 Å². The van der Waals surface area contributed by atoms with E-state index in [1.54, 1.807) is 0 Å². The van der Waals surface area contributed by atoms with Crippen LogP contribution in [-0.2, 0) is 4.79 Å². The second-order valence-corrected chi connectivity index (χ2v) is 7.16. The van der Waals surface area contributed by atoms with Gasteiger partial charge in [-0.15, -0.1) is 0 Å². The first-order valence-electron chi connectivity index (χ1n) is 7.71. The van der Waals surface area contributed by atoms with Gasteiger partial charge in [-0.25, -0.2) is 0 Å². The molecule has 0 aromatic heterocycles. The SMILES string of the molecule is CNC1CC(=O)N(C2C3CC4CC(C3)CC2C4)C1. The lowest BCUT2D eigenvalue weighted by Crippen LogP contribution is -2.56. The Morgan fingerprint density at radius 2 is 1.67 bits per heavy atom. The zero-order valence-electron chi connectivity index (χ0n) is 11.3. The Labute approximate surface area is 109 Å². The summed E-state index contributed by atoms with van der Waals surface area (Å²) in [6.45, 7) is 0.961. The van der Waals surface area contributed by atoms with Crippen molar-refractivity contribution < 1.29 is 4.79 Å². The topological polar surface area (TPSA) is 32.3 Å². The van der Waals surface area contributed by atoms with Crippen molar-refractivity contribution in [2.75, 3.05) is 13.6 Å². The van der Waals surface area contributed by atoms with Crippen LogP contribution >= 0.6 is 0 Å². The molecule has 1 atom stereocenters.